The van der Waals surface area contributed by atoms with Crippen LogP contribution in [-0.2, 0) is 19.4 Å². The molecule has 0 heterocycles. The molecule has 1 atom stereocenters. The number of aliphatic carboxylic acids is 1. The van der Waals surface area contributed by atoms with Crippen LogP contribution in [0.15, 0.2) is 48.5 Å². The zero-order chi connectivity index (χ0) is 21.7. The van der Waals surface area contributed by atoms with Gasteiger partial charge in [0.05, 0.1) is 5.75 Å². The van der Waals surface area contributed by atoms with Crippen LogP contribution in [0.3, 0.4) is 0 Å². The Balaban J connectivity index is 1.63. The quantitative estimate of drug-likeness (QED) is 0.631. The monoisotopic (exact) mass is 431 g/mol. The fraction of sp³-hybridized carbons (Fsp3) is 0.364. The lowest BCUT2D eigenvalue weighted by Gasteiger charge is -2.17. The van der Waals surface area contributed by atoms with Crippen molar-refractivity contribution in [2.75, 3.05) is 18.1 Å². The summed E-state index contributed by atoms with van der Waals surface area (Å²) in [7, 11) is -3.34. The topological polar surface area (TPSA) is 110 Å². The predicted octanol–water partition coefficient (Wildman–Crippen LogP) is 3.19. The van der Waals surface area contributed by atoms with E-state index in [4.69, 9.17) is 4.74 Å². The molecule has 7 nitrogen and oxygen atoms in total. The van der Waals surface area contributed by atoms with Gasteiger partial charge in [-0.2, -0.15) is 0 Å². The van der Waals surface area contributed by atoms with Gasteiger partial charge in [0.25, 0.3) is 0 Å². The van der Waals surface area contributed by atoms with Crippen LogP contribution < -0.4 is 5.32 Å². The highest BCUT2D eigenvalue weighted by Gasteiger charge is 2.30. The van der Waals surface area contributed by atoms with Crippen molar-refractivity contribution in [1.29, 1.82) is 0 Å². The summed E-state index contributed by atoms with van der Waals surface area (Å²) in [4.78, 5) is 23.7. The molecule has 1 amide bonds. The highest BCUT2D eigenvalue weighted by Crippen LogP contribution is 2.44. The summed E-state index contributed by atoms with van der Waals surface area (Å²) in [5.74, 6) is -1.75. The Morgan fingerprint density at radius 2 is 1.60 bits per heavy atom. The summed E-state index contributed by atoms with van der Waals surface area (Å²) in [5, 5.41) is 11.6. The molecule has 3 rings (SSSR count). The number of hydrogen-bond acceptors (Lipinski definition) is 5. The van der Waals surface area contributed by atoms with Crippen molar-refractivity contribution < 1.29 is 27.9 Å². The smallest absolute Gasteiger partial charge is 0.407 e. The van der Waals surface area contributed by atoms with Gasteiger partial charge in [-0.1, -0.05) is 55.5 Å². The van der Waals surface area contributed by atoms with Crippen molar-refractivity contribution >= 4 is 21.9 Å². The molecule has 0 fully saturated rings. The van der Waals surface area contributed by atoms with Crippen molar-refractivity contribution in [1.82, 2.24) is 5.32 Å². The van der Waals surface area contributed by atoms with E-state index in [1.807, 2.05) is 48.5 Å². The summed E-state index contributed by atoms with van der Waals surface area (Å²) in [6.07, 6.45) is -0.626. The van der Waals surface area contributed by atoms with E-state index in [0.717, 1.165) is 22.3 Å². The zero-order valence-corrected chi connectivity index (χ0v) is 17.5. The first-order valence-electron chi connectivity index (χ1n) is 9.87. The molecule has 30 heavy (non-hydrogen) atoms. The fourth-order valence-electron chi connectivity index (χ4n) is 3.75. The van der Waals surface area contributed by atoms with E-state index in [1.165, 1.54) is 0 Å². The summed E-state index contributed by atoms with van der Waals surface area (Å²) in [6.45, 7) is 1.79. The van der Waals surface area contributed by atoms with Gasteiger partial charge in [0.2, 0.25) is 0 Å². The van der Waals surface area contributed by atoms with Crippen LogP contribution in [0.2, 0.25) is 0 Å². The minimum Gasteiger partial charge on any atom is -0.480 e. The molecule has 0 saturated heterocycles. The van der Waals surface area contributed by atoms with Crippen molar-refractivity contribution in [3.63, 3.8) is 0 Å². The van der Waals surface area contributed by atoms with E-state index in [9.17, 15) is 23.1 Å². The number of carbonyl (C=O) groups is 2. The summed E-state index contributed by atoms with van der Waals surface area (Å²) >= 11 is 0. The highest BCUT2D eigenvalue weighted by atomic mass is 32.2. The third-order valence-corrected chi connectivity index (χ3v) is 7.05. The molecule has 0 radical (unpaired) electrons. The Morgan fingerprint density at radius 1 is 1.03 bits per heavy atom. The number of carbonyl (C=O) groups excluding carboxylic acids is 1. The molecule has 160 valence electrons. The number of benzene rings is 2. The standard InChI is InChI=1S/C22H25NO6S/c1-2-12-30(27,28)13-11-20(21(24)25)23-22(26)29-14-19-17-9-5-3-7-15(17)16-8-4-6-10-18(16)19/h3-10,19-20H,2,11-14H2,1H3,(H,23,26)(H,24,25). The average molecular weight is 432 g/mol. The summed E-state index contributed by atoms with van der Waals surface area (Å²) in [6, 6.07) is 14.4. The molecule has 1 aliphatic carbocycles. The van der Waals surface area contributed by atoms with Gasteiger partial charge in [-0.15, -0.1) is 0 Å². The number of carboxylic acids is 1. The first-order valence-corrected chi connectivity index (χ1v) is 11.7. The Labute approximate surface area is 176 Å². The molecule has 1 aliphatic rings. The molecular formula is C22H25NO6S. The van der Waals surface area contributed by atoms with E-state index in [-0.39, 0.29) is 30.5 Å². The third kappa shape index (κ3) is 4.99. The van der Waals surface area contributed by atoms with Crippen molar-refractivity contribution in [2.24, 2.45) is 0 Å². The Hall–Kier alpha value is -2.87. The number of amides is 1. The van der Waals surface area contributed by atoms with Gasteiger partial charge >= 0.3 is 12.1 Å². The number of nitrogens with one attached hydrogen (secondary N) is 1. The lowest BCUT2D eigenvalue weighted by Crippen LogP contribution is -2.42. The second-order valence-electron chi connectivity index (χ2n) is 7.30. The number of fused-ring (bicyclic) bond motifs is 3. The van der Waals surface area contributed by atoms with Crippen LogP contribution in [0.25, 0.3) is 11.1 Å². The fourth-order valence-corrected chi connectivity index (χ4v) is 5.17. The summed E-state index contributed by atoms with van der Waals surface area (Å²) in [5.41, 5.74) is 4.28. The first kappa shape index (κ1) is 21.8. The number of sulfone groups is 1. The molecular weight excluding hydrogens is 406 g/mol. The van der Waals surface area contributed by atoms with Crippen LogP contribution in [0.1, 0.15) is 36.8 Å². The molecule has 2 aromatic carbocycles. The maximum atomic E-state index is 12.2. The minimum atomic E-state index is -3.34. The van der Waals surface area contributed by atoms with E-state index in [0.29, 0.717) is 6.42 Å². The molecule has 0 aliphatic heterocycles. The molecule has 0 aromatic heterocycles. The van der Waals surface area contributed by atoms with Gasteiger partial charge < -0.3 is 15.2 Å². The minimum absolute atomic E-state index is 0.00964. The van der Waals surface area contributed by atoms with E-state index < -0.39 is 27.9 Å². The number of carboxylic acid groups (broad SMARTS) is 1. The number of rotatable bonds is 9. The van der Waals surface area contributed by atoms with Crippen molar-refractivity contribution in [3.8, 4) is 11.1 Å². The van der Waals surface area contributed by atoms with Gasteiger partial charge in [0.1, 0.15) is 22.5 Å². The zero-order valence-electron chi connectivity index (χ0n) is 16.7. The van der Waals surface area contributed by atoms with Gasteiger partial charge in [0, 0.05) is 11.7 Å². The van der Waals surface area contributed by atoms with E-state index in [2.05, 4.69) is 5.32 Å². The van der Waals surface area contributed by atoms with Crippen molar-refractivity contribution in [3.05, 3.63) is 59.7 Å². The van der Waals surface area contributed by atoms with Gasteiger partial charge in [0.15, 0.2) is 0 Å². The number of ether oxygens (including phenoxy) is 1. The lowest BCUT2D eigenvalue weighted by molar-refractivity contribution is -0.139. The molecule has 0 spiro atoms. The Bertz CT molecular complexity index is 988. The van der Waals surface area contributed by atoms with Gasteiger partial charge in [-0.25, -0.2) is 18.0 Å². The molecule has 0 bridgehead atoms. The van der Waals surface area contributed by atoms with Crippen molar-refractivity contribution in [2.45, 2.75) is 31.7 Å². The van der Waals surface area contributed by atoms with Crippen LogP contribution in [0, 0.1) is 0 Å². The normalized spacial score (nSPS) is 13.9. The second-order valence-corrected chi connectivity index (χ2v) is 9.60. The molecule has 8 heteroatoms. The largest absolute Gasteiger partial charge is 0.480 e. The highest BCUT2D eigenvalue weighted by molar-refractivity contribution is 7.91. The molecule has 0 saturated carbocycles. The molecule has 1 unspecified atom stereocenters. The predicted molar refractivity (Wildman–Crippen MR) is 113 cm³/mol. The van der Waals surface area contributed by atoms with Crippen LogP contribution >= 0.6 is 0 Å². The average Bonchev–Trinajstić information content (AvgIpc) is 3.03. The second kappa shape index (κ2) is 9.30. The maximum absolute atomic E-state index is 12.2. The first-order chi connectivity index (χ1) is 14.3. The third-order valence-electron chi connectivity index (χ3n) is 5.17. The lowest BCUT2D eigenvalue weighted by atomic mass is 9.98. The molecule has 2 aromatic rings. The maximum Gasteiger partial charge on any atom is 0.407 e. The Kier molecular flexibility index (Phi) is 6.77. The summed E-state index contributed by atoms with van der Waals surface area (Å²) < 4.78 is 29.0. The van der Waals surface area contributed by atoms with Gasteiger partial charge in [-0.05, 0) is 35.1 Å². The molecule has 2 N–H and O–H groups in total. The van der Waals surface area contributed by atoms with E-state index in [1.54, 1.807) is 6.92 Å². The SMILES string of the molecule is CCCS(=O)(=O)CCC(NC(=O)OCC1c2ccccc2-c2ccccc21)C(=O)O. The Morgan fingerprint density at radius 3 is 2.13 bits per heavy atom. The van der Waals surface area contributed by atoms with Gasteiger partial charge in [-0.3, -0.25) is 0 Å². The number of alkyl carbamates (subject to hydrolysis) is 1. The van der Waals surface area contributed by atoms with Crippen LogP contribution in [0.5, 0.6) is 0 Å². The van der Waals surface area contributed by atoms with Crippen LogP contribution in [-0.4, -0.2) is 49.7 Å². The number of hydrogen-bond donors (Lipinski definition) is 2. The van der Waals surface area contributed by atoms with Crippen LogP contribution in [0.4, 0.5) is 4.79 Å². The van der Waals surface area contributed by atoms with E-state index >= 15 is 0 Å².